The molecule has 0 aromatic heterocycles. The highest BCUT2D eigenvalue weighted by atomic mass is 32.2. The fourth-order valence-electron chi connectivity index (χ4n) is 5.18. The molecule has 0 bridgehead atoms. The van der Waals surface area contributed by atoms with Crippen LogP contribution in [-0.2, 0) is 22.9 Å². The zero-order valence-corrected chi connectivity index (χ0v) is 16.3. The molecule has 2 aliphatic heterocycles. The first-order valence-electron chi connectivity index (χ1n) is 9.86. The van der Waals surface area contributed by atoms with Gasteiger partial charge in [-0.05, 0) is 82.1 Å². The molecule has 0 radical (unpaired) electrons. The van der Waals surface area contributed by atoms with E-state index < -0.39 is 10.0 Å². The number of benzene rings is 1. The normalized spacial score (nSPS) is 31.4. The van der Waals surface area contributed by atoms with Crippen LogP contribution in [0.4, 0.5) is 0 Å². The molecule has 0 spiro atoms. The van der Waals surface area contributed by atoms with Gasteiger partial charge in [-0.1, -0.05) is 6.07 Å². The fourth-order valence-corrected chi connectivity index (χ4v) is 6.74. The van der Waals surface area contributed by atoms with Gasteiger partial charge < -0.3 is 0 Å². The van der Waals surface area contributed by atoms with E-state index in [-0.39, 0.29) is 0 Å². The summed E-state index contributed by atoms with van der Waals surface area (Å²) >= 11 is 0. The molecule has 138 valence electrons. The van der Waals surface area contributed by atoms with E-state index in [4.69, 9.17) is 0 Å². The Bertz CT molecular complexity index is 736. The van der Waals surface area contributed by atoms with E-state index >= 15 is 0 Å². The molecule has 0 unspecified atom stereocenters. The maximum atomic E-state index is 13.2. The lowest BCUT2D eigenvalue weighted by molar-refractivity contribution is 0.0979. The van der Waals surface area contributed by atoms with E-state index in [1.807, 2.05) is 18.2 Å². The summed E-state index contributed by atoms with van der Waals surface area (Å²) in [6, 6.07) is 7.30. The van der Waals surface area contributed by atoms with E-state index in [2.05, 4.69) is 18.7 Å². The second kappa shape index (κ2) is 6.67. The molecule has 0 N–H and O–H groups in total. The molecule has 5 heteroatoms. The standard InChI is InChI=1S/C20H30N2O2S/c1-15-8-9-16(2)22(15)19-7-4-12-21(14-19)25(23,24)20-11-10-17-5-3-6-18(17)13-20/h10-11,13,15-16,19H,3-9,12,14H2,1-2H3/t15-,16+,19-/m0/s1. The summed E-state index contributed by atoms with van der Waals surface area (Å²) in [5, 5.41) is 0. The molecule has 4 nitrogen and oxygen atoms in total. The number of nitrogens with zero attached hydrogens (tertiary/aromatic N) is 2. The smallest absolute Gasteiger partial charge is 0.243 e. The van der Waals surface area contributed by atoms with Gasteiger partial charge in [-0.2, -0.15) is 4.31 Å². The molecule has 0 saturated carbocycles. The molecular weight excluding hydrogens is 332 g/mol. The van der Waals surface area contributed by atoms with Crippen LogP contribution in [0, 0.1) is 0 Å². The minimum Gasteiger partial charge on any atom is -0.294 e. The number of likely N-dealkylation sites (tertiary alicyclic amines) is 1. The van der Waals surface area contributed by atoms with Crippen LogP contribution in [0.1, 0.15) is 57.1 Å². The molecule has 1 aromatic rings. The lowest BCUT2D eigenvalue weighted by Gasteiger charge is -2.41. The number of piperidine rings is 1. The van der Waals surface area contributed by atoms with Crippen molar-refractivity contribution in [2.24, 2.45) is 0 Å². The Morgan fingerprint density at radius 1 is 0.960 bits per heavy atom. The molecule has 2 heterocycles. The van der Waals surface area contributed by atoms with Crippen LogP contribution in [0.15, 0.2) is 23.1 Å². The quantitative estimate of drug-likeness (QED) is 0.829. The van der Waals surface area contributed by atoms with E-state index in [1.54, 1.807) is 4.31 Å². The van der Waals surface area contributed by atoms with Gasteiger partial charge in [-0.15, -0.1) is 0 Å². The lowest BCUT2D eigenvalue weighted by atomic mass is 10.0. The minimum absolute atomic E-state index is 0.366. The Hall–Kier alpha value is -0.910. The largest absolute Gasteiger partial charge is 0.294 e. The maximum absolute atomic E-state index is 13.2. The van der Waals surface area contributed by atoms with Crippen molar-refractivity contribution in [3.8, 4) is 0 Å². The van der Waals surface area contributed by atoms with Crippen molar-refractivity contribution in [2.75, 3.05) is 13.1 Å². The molecule has 3 atom stereocenters. The van der Waals surface area contributed by atoms with Crippen molar-refractivity contribution in [1.29, 1.82) is 0 Å². The third-order valence-electron chi connectivity index (χ3n) is 6.51. The number of fused-ring (bicyclic) bond motifs is 1. The van der Waals surface area contributed by atoms with Crippen molar-refractivity contribution >= 4 is 10.0 Å². The van der Waals surface area contributed by atoms with Gasteiger partial charge in [0.05, 0.1) is 4.90 Å². The van der Waals surface area contributed by atoms with Gasteiger partial charge >= 0.3 is 0 Å². The van der Waals surface area contributed by atoms with Crippen LogP contribution in [0.25, 0.3) is 0 Å². The predicted octanol–water partition coefficient (Wildman–Crippen LogP) is 3.20. The molecular formula is C20H30N2O2S. The number of sulfonamides is 1. The Kier molecular flexibility index (Phi) is 4.67. The number of hydrogen-bond donors (Lipinski definition) is 0. The average molecular weight is 363 g/mol. The topological polar surface area (TPSA) is 40.6 Å². The SMILES string of the molecule is C[C@@H]1CC[C@H](C)N1[C@H]1CCCN(S(=O)(=O)c2ccc3c(c2)CCC3)C1. The van der Waals surface area contributed by atoms with Crippen molar-refractivity contribution in [3.63, 3.8) is 0 Å². The summed E-state index contributed by atoms with van der Waals surface area (Å²) in [7, 11) is -3.37. The van der Waals surface area contributed by atoms with Crippen molar-refractivity contribution in [3.05, 3.63) is 29.3 Å². The highest BCUT2D eigenvalue weighted by Gasteiger charge is 2.38. The molecule has 2 fully saturated rings. The molecule has 1 aliphatic carbocycles. The van der Waals surface area contributed by atoms with Gasteiger partial charge in [0.2, 0.25) is 10.0 Å². The fraction of sp³-hybridized carbons (Fsp3) is 0.700. The zero-order valence-electron chi connectivity index (χ0n) is 15.4. The molecule has 4 rings (SSSR count). The summed E-state index contributed by atoms with van der Waals surface area (Å²) in [6.45, 7) is 5.88. The first kappa shape index (κ1) is 17.5. The van der Waals surface area contributed by atoms with Crippen LogP contribution in [0.3, 0.4) is 0 Å². The third-order valence-corrected chi connectivity index (χ3v) is 8.37. The first-order chi connectivity index (χ1) is 12.0. The Balaban J connectivity index is 1.56. The first-order valence-corrected chi connectivity index (χ1v) is 11.3. The predicted molar refractivity (Wildman–Crippen MR) is 100 cm³/mol. The second-order valence-electron chi connectivity index (χ2n) is 8.17. The van der Waals surface area contributed by atoms with Gasteiger partial charge in [-0.3, -0.25) is 4.90 Å². The van der Waals surface area contributed by atoms with Crippen LogP contribution in [0.5, 0.6) is 0 Å². The third kappa shape index (κ3) is 3.15. The van der Waals surface area contributed by atoms with Crippen LogP contribution < -0.4 is 0 Å². The monoisotopic (exact) mass is 362 g/mol. The molecule has 3 aliphatic rings. The summed E-state index contributed by atoms with van der Waals surface area (Å²) < 4.78 is 28.2. The number of rotatable bonds is 3. The van der Waals surface area contributed by atoms with Crippen LogP contribution >= 0.6 is 0 Å². The van der Waals surface area contributed by atoms with Crippen molar-refractivity contribution in [1.82, 2.24) is 9.21 Å². The van der Waals surface area contributed by atoms with Crippen molar-refractivity contribution in [2.45, 2.75) is 81.8 Å². The summed E-state index contributed by atoms with van der Waals surface area (Å²) in [4.78, 5) is 3.07. The van der Waals surface area contributed by atoms with Crippen LogP contribution in [0.2, 0.25) is 0 Å². The highest BCUT2D eigenvalue weighted by molar-refractivity contribution is 7.89. The van der Waals surface area contributed by atoms with Gasteiger partial charge in [-0.25, -0.2) is 8.42 Å². The van der Waals surface area contributed by atoms with Gasteiger partial charge in [0, 0.05) is 31.2 Å². The number of hydrogen-bond acceptors (Lipinski definition) is 3. The number of aryl methyl sites for hydroxylation is 2. The summed E-state index contributed by atoms with van der Waals surface area (Å²) in [5.74, 6) is 0. The van der Waals surface area contributed by atoms with Gasteiger partial charge in [0.25, 0.3) is 0 Å². The van der Waals surface area contributed by atoms with Gasteiger partial charge in [0.1, 0.15) is 0 Å². The summed E-state index contributed by atoms with van der Waals surface area (Å²) in [6.07, 6.45) is 7.80. The maximum Gasteiger partial charge on any atom is 0.243 e. The van der Waals surface area contributed by atoms with E-state index in [0.29, 0.717) is 36.1 Å². The zero-order chi connectivity index (χ0) is 17.6. The van der Waals surface area contributed by atoms with Gasteiger partial charge in [0.15, 0.2) is 0 Å². The van der Waals surface area contributed by atoms with E-state index in [0.717, 1.165) is 32.1 Å². The second-order valence-corrected chi connectivity index (χ2v) is 10.1. The Labute approximate surface area is 152 Å². The van der Waals surface area contributed by atoms with E-state index in [1.165, 1.54) is 24.0 Å². The molecule has 25 heavy (non-hydrogen) atoms. The Morgan fingerprint density at radius 3 is 2.44 bits per heavy atom. The summed E-state index contributed by atoms with van der Waals surface area (Å²) in [5.41, 5.74) is 2.56. The molecule has 0 amide bonds. The van der Waals surface area contributed by atoms with E-state index in [9.17, 15) is 8.42 Å². The Morgan fingerprint density at radius 2 is 1.68 bits per heavy atom. The van der Waals surface area contributed by atoms with Crippen molar-refractivity contribution < 1.29 is 8.42 Å². The lowest BCUT2D eigenvalue weighted by Crippen LogP contribution is -2.52. The average Bonchev–Trinajstić information content (AvgIpc) is 3.20. The molecule has 2 saturated heterocycles. The highest BCUT2D eigenvalue weighted by Crippen LogP contribution is 2.32. The van der Waals surface area contributed by atoms with Crippen LogP contribution in [-0.4, -0.2) is 48.8 Å². The molecule has 1 aromatic carbocycles. The minimum atomic E-state index is -3.37.